The van der Waals surface area contributed by atoms with Gasteiger partial charge in [0.2, 0.25) is 5.89 Å². The summed E-state index contributed by atoms with van der Waals surface area (Å²) in [5.41, 5.74) is 0.0147. The predicted octanol–water partition coefficient (Wildman–Crippen LogP) is 1.85. The fourth-order valence-corrected chi connectivity index (χ4v) is 3.18. The molecular formula is C14H23N3O2. The Morgan fingerprint density at radius 3 is 2.95 bits per heavy atom. The number of nitrogens with one attached hydrogen (secondary N) is 1. The number of nitrogens with zero attached hydrogens (tertiary/aromatic N) is 2. The second kappa shape index (κ2) is 5.21. The van der Waals surface area contributed by atoms with Gasteiger partial charge in [-0.05, 0) is 31.7 Å². The van der Waals surface area contributed by atoms with Gasteiger partial charge in [-0.3, -0.25) is 0 Å². The topological polar surface area (TPSA) is 60.2 Å². The van der Waals surface area contributed by atoms with Gasteiger partial charge >= 0.3 is 0 Å². The van der Waals surface area contributed by atoms with Crippen LogP contribution in [0.25, 0.3) is 0 Å². The van der Waals surface area contributed by atoms with Crippen molar-refractivity contribution in [3.8, 4) is 0 Å². The van der Waals surface area contributed by atoms with Crippen LogP contribution in [0.3, 0.4) is 0 Å². The molecule has 1 aromatic rings. The van der Waals surface area contributed by atoms with Crippen molar-refractivity contribution in [2.75, 3.05) is 26.3 Å². The Kier molecular flexibility index (Phi) is 3.58. The lowest BCUT2D eigenvalue weighted by atomic mass is 9.76. The van der Waals surface area contributed by atoms with E-state index in [1.165, 1.54) is 0 Å². The molecule has 2 unspecified atom stereocenters. The van der Waals surface area contributed by atoms with Crippen molar-refractivity contribution in [1.82, 2.24) is 15.5 Å². The fraction of sp³-hybridized carbons (Fsp3) is 0.857. The average molecular weight is 265 g/mol. The van der Waals surface area contributed by atoms with Crippen molar-refractivity contribution in [3.05, 3.63) is 11.7 Å². The molecule has 2 fully saturated rings. The van der Waals surface area contributed by atoms with Crippen molar-refractivity contribution in [1.29, 1.82) is 0 Å². The summed E-state index contributed by atoms with van der Waals surface area (Å²) in [4.78, 5) is 4.71. The van der Waals surface area contributed by atoms with Gasteiger partial charge in [0.05, 0.1) is 12.0 Å². The SMILES string of the molecule is CC(C)C1(c2nc(C3CCCOC3)no2)CCNC1. The molecular weight excluding hydrogens is 242 g/mol. The zero-order valence-corrected chi connectivity index (χ0v) is 11.8. The summed E-state index contributed by atoms with van der Waals surface area (Å²) >= 11 is 0. The largest absolute Gasteiger partial charge is 0.381 e. The maximum Gasteiger partial charge on any atom is 0.234 e. The summed E-state index contributed by atoms with van der Waals surface area (Å²) in [5, 5.41) is 7.65. The third kappa shape index (κ3) is 2.30. The number of hydrogen-bond acceptors (Lipinski definition) is 5. The van der Waals surface area contributed by atoms with Gasteiger partial charge in [-0.1, -0.05) is 19.0 Å². The highest BCUT2D eigenvalue weighted by Gasteiger charge is 2.44. The molecule has 3 rings (SSSR count). The Morgan fingerprint density at radius 2 is 2.32 bits per heavy atom. The second-order valence-corrected chi connectivity index (χ2v) is 6.11. The predicted molar refractivity (Wildman–Crippen MR) is 71.1 cm³/mol. The molecule has 2 aliphatic rings. The molecule has 0 saturated carbocycles. The minimum atomic E-state index is 0.0147. The van der Waals surface area contributed by atoms with Crippen LogP contribution in [0.5, 0.6) is 0 Å². The molecule has 2 aliphatic heterocycles. The number of rotatable bonds is 3. The van der Waals surface area contributed by atoms with E-state index in [1.807, 2.05) is 0 Å². The highest BCUT2D eigenvalue weighted by atomic mass is 16.5. The van der Waals surface area contributed by atoms with Gasteiger partial charge < -0.3 is 14.6 Å². The summed E-state index contributed by atoms with van der Waals surface area (Å²) in [7, 11) is 0. The third-order valence-electron chi connectivity index (χ3n) is 4.69. The van der Waals surface area contributed by atoms with E-state index >= 15 is 0 Å². The van der Waals surface area contributed by atoms with Gasteiger partial charge in [-0.15, -0.1) is 0 Å². The first-order valence-electron chi connectivity index (χ1n) is 7.35. The third-order valence-corrected chi connectivity index (χ3v) is 4.69. The van der Waals surface area contributed by atoms with Crippen LogP contribution in [0.4, 0.5) is 0 Å². The molecule has 106 valence electrons. The Balaban J connectivity index is 1.83. The molecule has 0 bridgehead atoms. The van der Waals surface area contributed by atoms with E-state index in [0.717, 1.165) is 57.3 Å². The number of hydrogen-bond donors (Lipinski definition) is 1. The summed E-state index contributed by atoms with van der Waals surface area (Å²) in [6.07, 6.45) is 3.27. The first kappa shape index (κ1) is 13.1. The minimum Gasteiger partial charge on any atom is -0.381 e. The molecule has 0 aliphatic carbocycles. The van der Waals surface area contributed by atoms with Crippen LogP contribution in [0.15, 0.2) is 4.52 Å². The van der Waals surface area contributed by atoms with Crippen LogP contribution in [-0.4, -0.2) is 36.4 Å². The first-order valence-corrected chi connectivity index (χ1v) is 7.35. The van der Waals surface area contributed by atoms with Crippen molar-refractivity contribution >= 4 is 0 Å². The van der Waals surface area contributed by atoms with Gasteiger partial charge in [-0.2, -0.15) is 4.98 Å². The minimum absolute atomic E-state index is 0.0147. The Morgan fingerprint density at radius 1 is 1.42 bits per heavy atom. The molecule has 1 aromatic heterocycles. The van der Waals surface area contributed by atoms with Crippen LogP contribution < -0.4 is 5.32 Å². The highest BCUT2D eigenvalue weighted by Crippen LogP contribution is 2.37. The average Bonchev–Trinajstić information content (AvgIpc) is 3.09. The molecule has 2 atom stereocenters. The lowest BCUT2D eigenvalue weighted by Crippen LogP contribution is -2.35. The van der Waals surface area contributed by atoms with Crippen molar-refractivity contribution < 1.29 is 9.26 Å². The normalized spacial score (nSPS) is 32.1. The van der Waals surface area contributed by atoms with Gasteiger partial charge in [0.25, 0.3) is 0 Å². The van der Waals surface area contributed by atoms with Gasteiger partial charge in [0, 0.05) is 19.1 Å². The summed E-state index contributed by atoms with van der Waals surface area (Å²) in [6.45, 7) is 8.03. The molecule has 5 heteroatoms. The van der Waals surface area contributed by atoms with Crippen molar-refractivity contribution in [3.63, 3.8) is 0 Å². The Hall–Kier alpha value is -0.940. The molecule has 3 heterocycles. The van der Waals surface area contributed by atoms with E-state index < -0.39 is 0 Å². The second-order valence-electron chi connectivity index (χ2n) is 6.11. The number of ether oxygens (including phenoxy) is 1. The highest BCUT2D eigenvalue weighted by molar-refractivity contribution is 5.13. The monoisotopic (exact) mass is 265 g/mol. The quantitative estimate of drug-likeness (QED) is 0.903. The van der Waals surface area contributed by atoms with E-state index in [9.17, 15) is 0 Å². The van der Waals surface area contributed by atoms with E-state index in [1.54, 1.807) is 0 Å². The van der Waals surface area contributed by atoms with Crippen LogP contribution >= 0.6 is 0 Å². The van der Waals surface area contributed by atoms with Crippen LogP contribution in [0, 0.1) is 5.92 Å². The maximum atomic E-state index is 5.61. The molecule has 0 spiro atoms. The van der Waals surface area contributed by atoms with E-state index in [0.29, 0.717) is 11.8 Å². The zero-order valence-electron chi connectivity index (χ0n) is 11.8. The fourth-order valence-electron chi connectivity index (χ4n) is 3.18. The lowest BCUT2D eigenvalue weighted by molar-refractivity contribution is 0.0773. The smallest absolute Gasteiger partial charge is 0.234 e. The van der Waals surface area contributed by atoms with Gasteiger partial charge in [0.1, 0.15) is 0 Å². The molecule has 5 nitrogen and oxygen atoms in total. The Bertz CT molecular complexity index is 418. The molecule has 1 N–H and O–H groups in total. The van der Waals surface area contributed by atoms with Crippen LogP contribution in [0.1, 0.15) is 50.7 Å². The van der Waals surface area contributed by atoms with Crippen LogP contribution in [-0.2, 0) is 10.2 Å². The molecule has 19 heavy (non-hydrogen) atoms. The van der Waals surface area contributed by atoms with Crippen LogP contribution in [0.2, 0.25) is 0 Å². The molecule has 2 saturated heterocycles. The van der Waals surface area contributed by atoms with E-state index in [4.69, 9.17) is 14.2 Å². The number of aromatic nitrogens is 2. The lowest BCUT2D eigenvalue weighted by Gasteiger charge is -2.28. The molecule has 0 radical (unpaired) electrons. The van der Waals surface area contributed by atoms with Crippen molar-refractivity contribution in [2.24, 2.45) is 5.92 Å². The van der Waals surface area contributed by atoms with E-state index in [2.05, 4.69) is 24.3 Å². The maximum absolute atomic E-state index is 5.61. The van der Waals surface area contributed by atoms with E-state index in [-0.39, 0.29) is 5.41 Å². The summed E-state index contributed by atoms with van der Waals surface area (Å²) in [5.74, 6) is 2.46. The standard InChI is InChI=1S/C14H23N3O2/c1-10(2)14(5-6-15-9-14)13-16-12(17-19-13)11-4-3-7-18-8-11/h10-11,15H,3-9H2,1-2H3. The van der Waals surface area contributed by atoms with Gasteiger partial charge in [-0.25, -0.2) is 0 Å². The molecule has 0 aromatic carbocycles. The summed E-state index contributed by atoms with van der Waals surface area (Å²) in [6, 6.07) is 0. The Labute approximate surface area is 114 Å². The summed E-state index contributed by atoms with van der Waals surface area (Å²) < 4.78 is 11.1. The van der Waals surface area contributed by atoms with Crippen molar-refractivity contribution in [2.45, 2.75) is 44.4 Å². The molecule has 0 amide bonds. The zero-order chi connectivity index (χ0) is 13.3. The first-order chi connectivity index (χ1) is 9.22. The van der Waals surface area contributed by atoms with Gasteiger partial charge in [0.15, 0.2) is 5.82 Å².